The summed E-state index contributed by atoms with van der Waals surface area (Å²) in [4.78, 5) is 19.0. The van der Waals surface area contributed by atoms with Gasteiger partial charge in [-0.15, -0.1) is 0 Å². The van der Waals surface area contributed by atoms with Crippen LogP contribution < -0.4 is 5.73 Å². The van der Waals surface area contributed by atoms with Crippen LogP contribution in [0.15, 0.2) is 36.8 Å². The maximum absolute atomic E-state index is 13.0. The number of primary amides is 1. The lowest BCUT2D eigenvalue weighted by Crippen LogP contribution is -2.29. The van der Waals surface area contributed by atoms with Crippen LogP contribution in [-0.4, -0.2) is 15.9 Å². The second-order valence-electron chi connectivity index (χ2n) is 5.98. The van der Waals surface area contributed by atoms with Crippen molar-refractivity contribution in [3.05, 3.63) is 59.2 Å². The van der Waals surface area contributed by atoms with Gasteiger partial charge in [-0.05, 0) is 36.8 Å². The highest BCUT2D eigenvalue weighted by atomic mass is 19.4. The van der Waals surface area contributed by atoms with Crippen molar-refractivity contribution in [1.29, 1.82) is 0 Å². The van der Waals surface area contributed by atoms with Gasteiger partial charge in [-0.3, -0.25) is 4.79 Å². The fourth-order valence-corrected chi connectivity index (χ4v) is 3.02. The van der Waals surface area contributed by atoms with E-state index in [0.717, 1.165) is 23.7 Å². The molecule has 0 spiro atoms. The summed E-state index contributed by atoms with van der Waals surface area (Å²) < 4.78 is 39.1. The molecule has 1 aromatic heterocycles. The van der Waals surface area contributed by atoms with Crippen LogP contribution in [0.4, 0.5) is 13.2 Å². The van der Waals surface area contributed by atoms with Crippen LogP contribution >= 0.6 is 0 Å². The molecule has 2 N–H and O–H groups in total. The van der Waals surface area contributed by atoms with Crippen LogP contribution in [0, 0.1) is 0 Å². The number of amides is 1. The zero-order valence-corrected chi connectivity index (χ0v) is 12.8. The van der Waals surface area contributed by atoms with E-state index in [4.69, 9.17) is 5.73 Å². The number of nitrogens with two attached hydrogens (primary N) is 1. The summed E-state index contributed by atoms with van der Waals surface area (Å²) in [5.74, 6) is -0.382. The van der Waals surface area contributed by atoms with Crippen LogP contribution in [-0.2, 0) is 29.2 Å². The van der Waals surface area contributed by atoms with Crippen LogP contribution in [0.1, 0.15) is 35.2 Å². The molecule has 1 amide bonds. The van der Waals surface area contributed by atoms with Gasteiger partial charge in [0, 0.05) is 6.20 Å². The lowest BCUT2D eigenvalue weighted by molar-refractivity contribution is -0.138. The van der Waals surface area contributed by atoms with Gasteiger partial charge in [-0.25, -0.2) is 9.97 Å². The molecule has 1 saturated carbocycles. The number of carbonyl (C=O) groups is 1. The summed E-state index contributed by atoms with van der Waals surface area (Å²) in [5, 5.41) is 0. The van der Waals surface area contributed by atoms with Crippen molar-refractivity contribution in [1.82, 2.24) is 9.97 Å². The van der Waals surface area contributed by atoms with Gasteiger partial charge >= 0.3 is 6.18 Å². The molecule has 1 heterocycles. The molecular formula is C17H16F3N3O. The van der Waals surface area contributed by atoms with E-state index in [1.165, 1.54) is 0 Å². The summed E-state index contributed by atoms with van der Waals surface area (Å²) >= 11 is 0. The Morgan fingerprint density at radius 3 is 2.54 bits per heavy atom. The molecule has 2 aromatic rings. The van der Waals surface area contributed by atoms with Crippen LogP contribution in [0.25, 0.3) is 0 Å². The second kappa shape index (κ2) is 5.89. The zero-order chi connectivity index (χ0) is 17.4. The number of hydrogen-bond acceptors (Lipinski definition) is 3. The minimum absolute atomic E-state index is 0.0452. The summed E-state index contributed by atoms with van der Waals surface area (Å²) in [6.45, 7) is 0. The number of aryl methyl sites for hydroxylation is 2. The third kappa shape index (κ3) is 2.98. The number of aromatic nitrogens is 2. The maximum Gasteiger partial charge on any atom is 0.419 e. The highest BCUT2D eigenvalue weighted by Crippen LogP contribution is 2.49. The summed E-state index contributed by atoms with van der Waals surface area (Å²) in [6.07, 6.45) is -0.751. The molecular weight excluding hydrogens is 319 g/mol. The Labute approximate surface area is 136 Å². The highest BCUT2D eigenvalue weighted by Gasteiger charge is 2.50. The molecule has 1 fully saturated rings. The van der Waals surface area contributed by atoms with E-state index in [1.54, 1.807) is 6.07 Å². The van der Waals surface area contributed by atoms with Crippen LogP contribution in [0.5, 0.6) is 0 Å². The number of rotatable bonds is 5. The molecule has 0 saturated heterocycles. The summed E-state index contributed by atoms with van der Waals surface area (Å²) in [5.41, 5.74) is 5.64. The van der Waals surface area contributed by atoms with Crippen molar-refractivity contribution in [2.24, 2.45) is 5.73 Å². The first-order chi connectivity index (χ1) is 11.3. The smallest absolute Gasteiger partial charge is 0.369 e. The number of hydrogen-bond donors (Lipinski definition) is 1. The zero-order valence-electron chi connectivity index (χ0n) is 12.8. The first-order valence-electron chi connectivity index (χ1n) is 7.59. The van der Waals surface area contributed by atoms with E-state index in [1.807, 2.05) is 18.2 Å². The van der Waals surface area contributed by atoms with Gasteiger partial charge in [0.15, 0.2) is 0 Å². The fourth-order valence-electron chi connectivity index (χ4n) is 3.02. The molecule has 1 aliphatic carbocycles. The van der Waals surface area contributed by atoms with Gasteiger partial charge < -0.3 is 5.73 Å². The van der Waals surface area contributed by atoms with Gasteiger partial charge in [0.1, 0.15) is 6.33 Å². The fraction of sp³-hybridized carbons (Fsp3) is 0.353. The summed E-state index contributed by atoms with van der Waals surface area (Å²) in [6, 6.07) is 7.28. The van der Waals surface area contributed by atoms with Gasteiger partial charge in [0.2, 0.25) is 5.91 Å². The van der Waals surface area contributed by atoms with Crippen molar-refractivity contribution < 1.29 is 18.0 Å². The average Bonchev–Trinajstić information content (AvgIpc) is 3.34. The standard InChI is InChI=1S/C17H16F3N3O/c18-17(19,20)13-9-22-10-23-14(13)6-5-11-3-1-2-4-12(11)16(7-8-16)15(21)24/h1-4,9-10H,5-8H2,(H2,21,24). The minimum atomic E-state index is -4.49. The third-order valence-corrected chi connectivity index (χ3v) is 4.49. The monoisotopic (exact) mass is 335 g/mol. The molecule has 1 aromatic carbocycles. The molecule has 0 aliphatic heterocycles. The van der Waals surface area contributed by atoms with Crippen molar-refractivity contribution in [3.8, 4) is 0 Å². The molecule has 4 nitrogen and oxygen atoms in total. The Bertz CT molecular complexity index is 770. The Morgan fingerprint density at radius 1 is 1.21 bits per heavy atom. The van der Waals surface area contributed by atoms with Crippen molar-refractivity contribution in [2.75, 3.05) is 0 Å². The van der Waals surface area contributed by atoms with Gasteiger partial charge in [-0.1, -0.05) is 24.3 Å². The number of carbonyl (C=O) groups excluding carboxylic acids is 1. The molecule has 7 heteroatoms. The maximum atomic E-state index is 13.0. The Balaban J connectivity index is 1.86. The first kappa shape index (κ1) is 16.4. The second-order valence-corrected chi connectivity index (χ2v) is 5.98. The minimum Gasteiger partial charge on any atom is -0.369 e. The van der Waals surface area contributed by atoms with Crippen molar-refractivity contribution in [3.63, 3.8) is 0 Å². The molecule has 1 aliphatic rings. The van der Waals surface area contributed by atoms with E-state index in [-0.39, 0.29) is 18.0 Å². The molecule has 126 valence electrons. The van der Waals surface area contributed by atoms with Crippen LogP contribution in [0.3, 0.4) is 0 Å². The Morgan fingerprint density at radius 2 is 1.92 bits per heavy atom. The van der Waals surface area contributed by atoms with Gasteiger partial charge in [0.25, 0.3) is 0 Å². The normalized spacial score (nSPS) is 16.0. The SMILES string of the molecule is NC(=O)C1(c2ccccc2CCc2ncncc2C(F)(F)F)CC1. The van der Waals surface area contributed by atoms with E-state index >= 15 is 0 Å². The number of halogens is 3. The predicted octanol–water partition coefficient (Wildman–Crippen LogP) is 2.80. The number of benzene rings is 1. The first-order valence-corrected chi connectivity index (χ1v) is 7.59. The van der Waals surface area contributed by atoms with Crippen molar-refractivity contribution >= 4 is 5.91 Å². The van der Waals surface area contributed by atoms with E-state index in [9.17, 15) is 18.0 Å². The van der Waals surface area contributed by atoms with Gasteiger partial charge in [-0.2, -0.15) is 13.2 Å². The largest absolute Gasteiger partial charge is 0.419 e. The van der Waals surface area contributed by atoms with Gasteiger partial charge in [0.05, 0.1) is 16.7 Å². The lowest BCUT2D eigenvalue weighted by Gasteiger charge is -2.17. The van der Waals surface area contributed by atoms with Crippen LogP contribution in [0.2, 0.25) is 0 Å². The average molecular weight is 335 g/mol. The highest BCUT2D eigenvalue weighted by molar-refractivity contribution is 5.90. The quantitative estimate of drug-likeness (QED) is 0.913. The molecule has 0 atom stereocenters. The predicted molar refractivity (Wildman–Crippen MR) is 81.0 cm³/mol. The van der Waals surface area contributed by atoms with E-state index in [0.29, 0.717) is 19.3 Å². The Kier molecular flexibility index (Phi) is 4.03. The van der Waals surface area contributed by atoms with Crippen molar-refractivity contribution in [2.45, 2.75) is 37.3 Å². The molecule has 0 unspecified atom stereocenters. The molecule has 0 radical (unpaired) electrons. The molecule has 24 heavy (non-hydrogen) atoms. The van der Waals surface area contributed by atoms with E-state index in [2.05, 4.69) is 9.97 Å². The number of alkyl halides is 3. The lowest BCUT2D eigenvalue weighted by atomic mass is 9.88. The summed E-state index contributed by atoms with van der Waals surface area (Å²) in [7, 11) is 0. The third-order valence-electron chi connectivity index (χ3n) is 4.49. The van der Waals surface area contributed by atoms with E-state index < -0.39 is 17.2 Å². The topological polar surface area (TPSA) is 68.9 Å². The number of nitrogens with zero attached hydrogens (tertiary/aromatic N) is 2. The Hall–Kier alpha value is -2.44. The molecule has 0 bridgehead atoms. The molecule has 3 rings (SSSR count).